The predicted octanol–water partition coefficient (Wildman–Crippen LogP) is 4.74. The lowest BCUT2D eigenvalue weighted by molar-refractivity contribution is -0.0668. The van der Waals surface area contributed by atoms with Gasteiger partial charge in [-0.1, -0.05) is 19.1 Å². The number of rotatable bonds is 0. The standard InChI is InChI=1S/C18H28O.BrH/c1-18-11-10-14-13-5-3-2-4-12(13)6-7-15(14)16(18)8-9-17(18)19;/h3,5,12-17,19H,2,4,6-11H2,1H3;1H/t12?,13-,14+,15+,16-,17-,18-;/m0./s1. The molecular formula is C18H29BrO. The lowest BCUT2D eigenvalue weighted by atomic mass is 9.51. The van der Waals surface area contributed by atoms with Crippen molar-refractivity contribution < 1.29 is 5.11 Å². The molecule has 0 bridgehead atoms. The molecule has 4 aliphatic carbocycles. The fourth-order valence-corrected chi connectivity index (χ4v) is 6.33. The normalized spacial score (nSPS) is 53.5. The molecule has 7 atom stereocenters. The summed E-state index contributed by atoms with van der Waals surface area (Å²) in [5, 5.41) is 10.4. The van der Waals surface area contributed by atoms with Crippen LogP contribution in [0.2, 0.25) is 0 Å². The van der Waals surface area contributed by atoms with Gasteiger partial charge >= 0.3 is 0 Å². The Hall–Kier alpha value is 0.180. The van der Waals surface area contributed by atoms with Crippen LogP contribution in [0, 0.1) is 35.0 Å². The number of halogens is 1. The third-order valence-electron chi connectivity index (χ3n) is 7.41. The van der Waals surface area contributed by atoms with Crippen LogP contribution < -0.4 is 0 Å². The summed E-state index contributed by atoms with van der Waals surface area (Å²) < 4.78 is 0. The fraction of sp³-hybridized carbons (Fsp3) is 0.889. The molecule has 4 aliphatic rings. The quantitative estimate of drug-likeness (QED) is 0.631. The van der Waals surface area contributed by atoms with Gasteiger partial charge < -0.3 is 5.11 Å². The topological polar surface area (TPSA) is 20.2 Å². The van der Waals surface area contributed by atoms with E-state index in [1.54, 1.807) is 0 Å². The van der Waals surface area contributed by atoms with Gasteiger partial charge in [0, 0.05) is 0 Å². The van der Waals surface area contributed by atoms with Crippen LogP contribution in [0.5, 0.6) is 0 Å². The van der Waals surface area contributed by atoms with Crippen molar-refractivity contribution in [2.75, 3.05) is 0 Å². The van der Waals surface area contributed by atoms with E-state index < -0.39 is 0 Å². The largest absolute Gasteiger partial charge is 0.393 e. The molecule has 3 fully saturated rings. The van der Waals surface area contributed by atoms with E-state index in [1.807, 2.05) is 0 Å². The number of aliphatic hydroxyl groups is 1. The zero-order valence-electron chi connectivity index (χ0n) is 12.6. The zero-order chi connectivity index (χ0) is 13.0. The Morgan fingerprint density at radius 3 is 2.70 bits per heavy atom. The van der Waals surface area contributed by atoms with Gasteiger partial charge in [0.1, 0.15) is 0 Å². The van der Waals surface area contributed by atoms with Crippen LogP contribution in [0.15, 0.2) is 12.2 Å². The van der Waals surface area contributed by atoms with Gasteiger partial charge in [-0.2, -0.15) is 0 Å². The molecule has 1 N–H and O–H groups in total. The van der Waals surface area contributed by atoms with E-state index in [2.05, 4.69) is 19.1 Å². The minimum atomic E-state index is -0.0157. The summed E-state index contributed by atoms with van der Waals surface area (Å²) in [6.07, 6.45) is 15.7. The fourth-order valence-electron chi connectivity index (χ4n) is 6.33. The molecule has 0 aliphatic heterocycles. The van der Waals surface area contributed by atoms with Gasteiger partial charge in [-0.25, -0.2) is 0 Å². The summed E-state index contributed by atoms with van der Waals surface area (Å²) in [6, 6.07) is 0. The van der Waals surface area contributed by atoms with Crippen LogP contribution in [0.25, 0.3) is 0 Å². The lowest BCUT2D eigenvalue weighted by Crippen LogP contribution is -2.48. The van der Waals surface area contributed by atoms with Crippen LogP contribution in [-0.4, -0.2) is 11.2 Å². The third kappa shape index (κ3) is 2.05. The van der Waals surface area contributed by atoms with E-state index in [0.29, 0.717) is 0 Å². The van der Waals surface area contributed by atoms with E-state index in [-0.39, 0.29) is 28.5 Å². The second-order valence-corrected chi connectivity index (χ2v) is 7.99. The average molecular weight is 341 g/mol. The molecule has 0 heterocycles. The molecule has 0 aromatic rings. The molecule has 0 amide bonds. The Balaban J connectivity index is 0.00000121. The Morgan fingerprint density at radius 2 is 1.85 bits per heavy atom. The SMILES string of the molecule is Br.C[C@]12CC[C@H]3[C@@H](CCC4CCC=C[C@@H]43)[C@@H]1CC[C@@H]2O. The molecule has 4 rings (SSSR count). The first kappa shape index (κ1) is 15.1. The summed E-state index contributed by atoms with van der Waals surface area (Å²) >= 11 is 0. The van der Waals surface area contributed by atoms with E-state index in [4.69, 9.17) is 0 Å². The van der Waals surface area contributed by atoms with Crippen molar-refractivity contribution in [1.82, 2.24) is 0 Å². The first-order valence-corrected chi connectivity index (χ1v) is 8.55. The Morgan fingerprint density at radius 1 is 1.00 bits per heavy atom. The highest BCUT2D eigenvalue weighted by molar-refractivity contribution is 8.93. The minimum absolute atomic E-state index is 0. The smallest absolute Gasteiger partial charge is 0.0596 e. The van der Waals surface area contributed by atoms with E-state index in [1.165, 1.54) is 44.9 Å². The van der Waals surface area contributed by atoms with Crippen molar-refractivity contribution in [2.24, 2.45) is 35.0 Å². The summed E-state index contributed by atoms with van der Waals surface area (Å²) in [5.41, 5.74) is 0.256. The van der Waals surface area contributed by atoms with Gasteiger partial charge in [-0.15, -0.1) is 17.0 Å². The number of hydrogen-bond acceptors (Lipinski definition) is 1. The molecule has 20 heavy (non-hydrogen) atoms. The highest BCUT2D eigenvalue weighted by atomic mass is 79.9. The van der Waals surface area contributed by atoms with Crippen molar-refractivity contribution >= 4 is 17.0 Å². The molecule has 1 nitrogen and oxygen atoms in total. The molecule has 2 heteroatoms. The predicted molar refractivity (Wildman–Crippen MR) is 88.0 cm³/mol. The van der Waals surface area contributed by atoms with Crippen molar-refractivity contribution in [3.63, 3.8) is 0 Å². The molecule has 0 radical (unpaired) electrons. The number of hydrogen-bond donors (Lipinski definition) is 1. The summed E-state index contributed by atoms with van der Waals surface area (Å²) in [7, 11) is 0. The van der Waals surface area contributed by atoms with Crippen LogP contribution in [-0.2, 0) is 0 Å². The third-order valence-corrected chi connectivity index (χ3v) is 7.41. The molecule has 114 valence electrons. The summed E-state index contributed by atoms with van der Waals surface area (Å²) in [5.74, 6) is 4.55. The van der Waals surface area contributed by atoms with Crippen LogP contribution in [0.3, 0.4) is 0 Å². The van der Waals surface area contributed by atoms with Gasteiger partial charge in [-0.05, 0) is 86.4 Å². The van der Waals surface area contributed by atoms with Crippen LogP contribution >= 0.6 is 17.0 Å². The lowest BCUT2D eigenvalue weighted by Gasteiger charge is -2.54. The molecule has 0 aromatic heterocycles. The monoisotopic (exact) mass is 340 g/mol. The second kappa shape index (κ2) is 5.43. The Kier molecular flexibility index (Phi) is 4.09. The molecule has 0 spiro atoms. The van der Waals surface area contributed by atoms with Gasteiger partial charge in [0.05, 0.1) is 6.10 Å². The van der Waals surface area contributed by atoms with Crippen molar-refractivity contribution in [3.05, 3.63) is 12.2 Å². The van der Waals surface area contributed by atoms with Crippen molar-refractivity contribution in [2.45, 2.75) is 64.4 Å². The number of aliphatic hydroxyl groups excluding tert-OH is 1. The number of allylic oxidation sites excluding steroid dienone is 2. The second-order valence-electron chi connectivity index (χ2n) is 7.99. The highest BCUT2D eigenvalue weighted by Crippen LogP contribution is 2.61. The average Bonchev–Trinajstić information content (AvgIpc) is 2.75. The molecule has 0 aromatic carbocycles. The maximum absolute atomic E-state index is 10.4. The van der Waals surface area contributed by atoms with E-state index >= 15 is 0 Å². The number of fused-ring (bicyclic) bond motifs is 5. The molecule has 1 unspecified atom stereocenters. The van der Waals surface area contributed by atoms with Crippen LogP contribution in [0.4, 0.5) is 0 Å². The highest BCUT2D eigenvalue weighted by Gasteiger charge is 2.55. The minimum Gasteiger partial charge on any atom is -0.393 e. The Bertz CT molecular complexity index is 393. The maximum atomic E-state index is 10.4. The van der Waals surface area contributed by atoms with Crippen molar-refractivity contribution in [1.29, 1.82) is 0 Å². The zero-order valence-corrected chi connectivity index (χ0v) is 14.3. The van der Waals surface area contributed by atoms with Gasteiger partial charge in [-0.3, -0.25) is 0 Å². The first-order chi connectivity index (χ1) is 9.20. The Labute approximate surface area is 134 Å². The summed E-state index contributed by atoms with van der Waals surface area (Å²) in [6.45, 7) is 2.38. The van der Waals surface area contributed by atoms with Gasteiger partial charge in [0.15, 0.2) is 0 Å². The van der Waals surface area contributed by atoms with Gasteiger partial charge in [0.25, 0.3) is 0 Å². The molecular weight excluding hydrogens is 312 g/mol. The van der Waals surface area contributed by atoms with Crippen LogP contribution in [0.1, 0.15) is 58.3 Å². The van der Waals surface area contributed by atoms with Crippen molar-refractivity contribution in [3.8, 4) is 0 Å². The molecule has 3 saturated carbocycles. The maximum Gasteiger partial charge on any atom is 0.0596 e. The van der Waals surface area contributed by atoms with E-state index in [9.17, 15) is 5.11 Å². The summed E-state index contributed by atoms with van der Waals surface area (Å²) in [4.78, 5) is 0. The molecule has 0 saturated heterocycles. The van der Waals surface area contributed by atoms with E-state index in [0.717, 1.165) is 36.0 Å². The first-order valence-electron chi connectivity index (χ1n) is 8.55. The van der Waals surface area contributed by atoms with Gasteiger partial charge in [0.2, 0.25) is 0 Å².